The zero-order valence-corrected chi connectivity index (χ0v) is 15.4. The van der Waals surface area contributed by atoms with Crippen LogP contribution in [0.4, 0.5) is 11.4 Å². The lowest BCUT2D eigenvalue weighted by molar-refractivity contribution is -0.129. The third-order valence-electron chi connectivity index (χ3n) is 6.19. The molecule has 2 amide bonds. The van der Waals surface area contributed by atoms with Crippen LogP contribution in [0.25, 0.3) is 0 Å². The average molecular weight is 356 g/mol. The van der Waals surface area contributed by atoms with Crippen LogP contribution in [-0.4, -0.2) is 56.0 Å². The molecule has 4 rings (SSSR count). The van der Waals surface area contributed by atoms with E-state index in [1.807, 2.05) is 17.0 Å². The van der Waals surface area contributed by atoms with Crippen LogP contribution in [0.3, 0.4) is 0 Å². The van der Waals surface area contributed by atoms with Gasteiger partial charge in [-0.25, -0.2) is 0 Å². The number of hydrogen-bond donors (Lipinski definition) is 2. The number of nitrogens with one attached hydrogen (secondary N) is 2. The number of piperazine rings is 1. The molecule has 0 aromatic heterocycles. The molecule has 26 heavy (non-hydrogen) atoms. The predicted molar refractivity (Wildman–Crippen MR) is 102 cm³/mol. The molecule has 2 N–H and O–H groups in total. The fourth-order valence-corrected chi connectivity index (χ4v) is 4.70. The van der Waals surface area contributed by atoms with E-state index < -0.39 is 0 Å². The minimum atomic E-state index is 0.148. The number of hydrogen-bond acceptors (Lipinski definition) is 4. The highest BCUT2D eigenvalue weighted by molar-refractivity contribution is 5.93. The Kier molecular flexibility index (Phi) is 4.85. The van der Waals surface area contributed by atoms with Gasteiger partial charge in [0.1, 0.15) is 0 Å². The largest absolute Gasteiger partial charge is 0.368 e. The van der Waals surface area contributed by atoms with Crippen molar-refractivity contribution in [2.24, 2.45) is 17.8 Å². The molecular formula is C20H28N4O2. The van der Waals surface area contributed by atoms with E-state index in [2.05, 4.69) is 27.7 Å². The number of fused-ring (bicyclic) bond motifs is 2. The molecule has 1 aromatic rings. The first-order chi connectivity index (χ1) is 12.6. The first-order valence-corrected chi connectivity index (χ1v) is 9.72. The Labute approximate surface area is 154 Å². The second kappa shape index (κ2) is 7.27. The molecule has 1 aromatic carbocycles. The maximum atomic E-state index is 12.7. The Morgan fingerprint density at radius 2 is 1.77 bits per heavy atom. The Hall–Kier alpha value is -2.08. The van der Waals surface area contributed by atoms with Gasteiger partial charge in [0, 0.05) is 50.4 Å². The van der Waals surface area contributed by atoms with E-state index in [9.17, 15) is 9.59 Å². The van der Waals surface area contributed by atoms with Crippen molar-refractivity contribution >= 4 is 23.2 Å². The van der Waals surface area contributed by atoms with E-state index in [1.54, 1.807) is 6.92 Å². The monoisotopic (exact) mass is 356 g/mol. The van der Waals surface area contributed by atoms with Crippen LogP contribution < -0.4 is 15.5 Å². The lowest BCUT2D eigenvalue weighted by Gasteiger charge is -2.35. The van der Waals surface area contributed by atoms with Crippen molar-refractivity contribution in [1.29, 1.82) is 0 Å². The zero-order chi connectivity index (χ0) is 18.1. The van der Waals surface area contributed by atoms with Crippen molar-refractivity contribution in [2.75, 3.05) is 49.5 Å². The third-order valence-corrected chi connectivity index (χ3v) is 6.19. The van der Waals surface area contributed by atoms with E-state index in [1.165, 1.54) is 6.42 Å². The first-order valence-electron chi connectivity index (χ1n) is 9.72. The molecule has 6 nitrogen and oxygen atoms in total. The molecule has 2 bridgehead atoms. The van der Waals surface area contributed by atoms with Crippen LogP contribution >= 0.6 is 0 Å². The SMILES string of the molecule is CC(=O)N1CCN(c2ccc(NC(=O)C3CC4CNCC3C4)cc2)CC1. The molecule has 6 heteroatoms. The summed E-state index contributed by atoms with van der Waals surface area (Å²) in [6.07, 6.45) is 2.21. The topological polar surface area (TPSA) is 64.7 Å². The summed E-state index contributed by atoms with van der Waals surface area (Å²) in [4.78, 5) is 28.3. The van der Waals surface area contributed by atoms with Crippen LogP contribution in [0.5, 0.6) is 0 Å². The van der Waals surface area contributed by atoms with Gasteiger partial charge < -0.3 is 20.4 Å². The maximum absolute atomic E-state index is 12.7. The molecule has 1 saturated carbocycles. The Balaban J connectivity index is 1.33. The number of anilines is 2. The van der Waals surface area contributed by atoms with Crippen LogP contribution in [0.15, 0.2) is 24.3 Å². The minimum absolute atomic E-state index is 0.148. The molecule has 2 aliphatic heterocycles. The average Bonchev–Trinajstić information content (AvgIpc) is 2.96. The Bertz CT molecular complexity index is 667. The van der Waals surface area contributed by atoms with E-state index >= 15 is 0 Å². The summed E-state index contributed by atoms with van der Waals surface area (Å²) in [5.74, 6) is 1.62. The van der Waals surface area contributed by atoms with Crippen LogP contribution in [-0.2, 0) is 9.59 Å². The molecule has 2 heterocycles. The summed E-state index contributed by atoms with van der Waals surface area (Å²) in [5.41, 5.74) is 2.02. The molecule has 3 fully saturated rings. The molecular weight excluding hydrogens is 328 g/mol. The fraction of sp³-hybridized carbons (Fsp3) is 0.600. The van der Waals surface area contributed by atoms with Crippen molar-refractivity contribution in [3.63, 3.8) is 0 Å². The van der Waals surface area contributed by atoms with Gasteiger partial charge in [0.15, 0.2) is 0 Å². The van der Waals surface area contributed by atoms with Gasteiger partial charge in [0.2, 0.25) is 11.8 Å². The molecule has 0 spiro atoms. The van der Waals surface area contributed by atoms with Gasteiger partial charge in [0.05, 0.1) is 0 Å². The number of carbonyl (C=O) groups excluding carboxylic acids is 2. The highest BCUT2D eigenvalue weighted by Crippen LogP contribution is 2.39. The zero-order valence-electron chi connectivity index (χ0n) is 15.4. The smallest absolute Gasteiger partial charge is 0.227 e. The Morgan fingerprint density at radius 1 is 1.04 bits per heavy atom. The normalized spacial score (nSPS) is 28.1. The van der Waals surface area contributed by atoms with Crippen molar-refractivity contribution in [1.82, 2.24) is 10.2 Å². The standard InChI is InChI=1S/C20H28N4O2/c1-14(25)23-6-8-24(9-7-23)18-4-2-17(3-5-18)22-20(26)19-11-15-10-16(19)13-21-12-15/h2-5,15-16,19,21H,6-13H2,1H3,(H,22,26). The lowest BCUT2D eigenvalue weighted by Crippen LogP contribution is -2.48. The minimum Gasteiger partial charge on any atom is -0.368 e. The second-order valence-corrected chi connectivity index (χ2v) is 7.89. The Morgan fingerprint density at radius 3 is 2.42 bits per heavy atom. The van der Waals surface area contributed by atoms with Gasteiger partial charge in [-0.05, 0) is 62.0 Å². The van der Waals surface area contributed by atoms with E-state index in [0.29, 0.717) is 11.8 Å². The van der Waals surface area contributed by atoms with Gasteiger partial charge in [-0.15, -0.1) is 0 Å². The fourth-order valence-electron chi connectivity index (χ4n) is 4.70. The number of rotatable bonds is 3. The van der Waals surface area contributed by atoms with Crippen molar-refractivity contribution in [3.05, 3.63) is 24.3 Å². The number of amides is 2. The van der Waals surface area contributed by atoms with Crippen molar-refractivity contribution in [2.45, 2.75) is 19.8 Å². The summed E-state index contributed by atoms with van der Waals surface area (Å²) in [7, 11) is 0. The predicted octanol–water partition coefficient (Wildman–Crippen LogP) is 1.54. The molecule has 1 aliphatic carbocycles. The number of piperidine rings is 1. The summed E-state index contributed by atoms with van der Waals surface area (Å²) in [5, 5.41) is 6.55. The van der Waals surface area contributed by atoms with Crippen LogP contribution in [0, 0.1) is 17.8 Å². The van der Waals surface area contributed by atoms with Crippen molar-refractivity contribution < 1.29 is 9.59 Å². The molecule has 0 radical (unpaired) electrons. The van der Waals surface area contributed by atoms with E-state index in [0.717, 1.165) is 57.1 Å². The molecule has 140 valence electrons. The van der Waals surface area contributed by atoms with Gasteiger partial charge >= 0.3 is 0 Å². The van der Waals surface area contributed by atoms with Crippen LogP contribution in [0.1, 0.15) is 19.8 Å². The second-order valence-electron chi connectivity index (χ2n) is 7.89. The number of carbonyl (C=O) groups is 2. The van der Waals surface area contributed by atoms with E-state index in [4.69, 9.17) is 0 Å². The van der Waals surface area contributed by atoms with Gasteiger partial charge in [0.25, 0.3) is 0 Å². The summed E-state index contributed by atoms with van der Waals surface area (Å²) >= 11 is 0. The lowest BCUT2D eigenvalue weighted by atomic mass is 9.94. The van der Waals surface area contributed by atoms with Crippen LogP contribution in [0.2, 0.25) is 0 Å². The summed E-state index contributed by atoms with van der Waals surface area (Å²) in [6, 6.07) is 8.11. The molecule has 3 unspecified atom stereocenters. The van der Waals surface area contributed by atoms with Gasteiger partial charge in [-0.2, -0.15) is 0 Å². The van der Waals surface area contributed by atoms with E-state index in [-0.39, 0.29) is 17.7 Å². The summed E-state index contributed by atoms with van der Waals surface area (Å²) in [6.45, 7) is 6.90. The molecule has 2 saturated heterocycles. The highest BCUT2D eigenvalue weighted by Gasteiger charge is 2.40. The third kappa shape index (κ3) is 3.56. The number of nitrogens with zero attached hydrogens (tertiary/aromatic N) is 2. The van der Waals surface area contributed by atoms with Gasteiger partial charge in [-0.1, -0.05) is 0 Å². The maximum Gasteiger partial charge on any atom is 0.227 e. The van der Waals surface area contributed by atoms with Gasteiger partial charge in [-0.3, -0.25) is 9.59 Å². The number of benzene rings is 1. The molecule has 3 aliphatic rings. The first kappa shape index (κ1) is 17.3. The molecule has 3 atom stereocenters. The summed E-state index contributed by atoms with van der Waals surface area (Å²) < 4.78 is 0. The quantitative estimate of drug-likeness (QED) is 0.862. The van der Waals surface area contributed by atoms with Crippen molar-refractivity contribution in [3.8, 4) is 0 Å². The highest BCUT2D eigenvalue weighted by atomic mass is 16.2.